The molecule has 5 heteroatoms. The van der Waals surface area contributed by atoms with Crippen LogP contribution in [0.15, 0.2) is 12.3 Å². The Morgan fingerprint density at radius 3 is 1.00 bits per heavy atom. The maximum absolute atomic E-state index is 12.4. The minimum absolute atomic E-state index is 0.232. The van der Waals surface area contributed by atoms with Gasteiger partial charge in [-0.3, -0.25) is 4.79 Å². The maximum Gasteiger partial charge on any atom is 0.221 e. The minimum Gasteiger partial charge on any atom is -0.389 e. The monoisotopic (exact) mass is 731 g/mol. The van der Waals surface area contributed by atoms with Crippen LogP contribution in [-0.2, 0) is 4.79 Å². The fourth-order valence-corrected chi connectivity index (χ4v) is 7.81. The van der Waals surface area contributed by atoms with Crippen LogP contribution in [0.4, 0.5) is 0 Å². The molecule has 0 saturated carbocycles. The fourth-order valence-electron chi connectivity index (χ4n) is 7.81. The highest BCUT2D eigenvalue weighted by Crippen LogP contribution is 2.15. The van der Waals surface area contributed by atoms with Crippen molar-refractivity contribution in [3.05, 3.63) is 12.3 Å². The Kier molecular flexibility index (Phi) is 37.3. The number of hydrogen-bond acceptors (Lipinski definition) is 4. The van der Waals surface area contributed by atoms with Crippen molar-refractivity contribution in [2.45, 2.75) is 232 Å². The number of nitrogens with zero attached hydrogens (tertiary/aromatic N) is 2. The lowest BCUT2D eigenvalue weighted by molar-refractivity contribution is -0.121. The number of unbranched alkanes of at least 4 members (excludes halogenated alkanes) is 30. The molecule has 0 aromatic heterocycles. The van der Waals surface area contributed by atoms with Crippen molar-refractivity contribution in [1.29, 1.82) is 0 Å². The third kappa shape index (κ3) is 34.7. The molecule has 1 heterocycles. The highest BCUT2D eigenvalue weighted by molar-refractivity contribution is 5.76. The van der Waals surface area contributed by atoms with Crippen LogP contribution in [0.2, 0.25) is 0 Å². The van der Waals surface area contributed by atoms with Crippen LogP contribution < -0.4 is 10.6 Å². The summed E-state index contributed by atoms with van der Waals surface area (Å²) in [4.78, 5) is 17.4. The van der Waals surface area contributed by atoms with Gasteiger partial charge >= 0.3 is 0 Å². The molecule has 5 nitrogen and oxygen atoms in total. The second-order valence-corrected chi connectivity index (χ2v) is 16.7. The van der Waals surface area contributed by atoms with Gasteiger partial charge in [0, 0.05) is 64.5 Å². The summed E-state index contributed by atoms with van der Waals surface area (Å²) in [5, 5.41) is 6.76. The predicted octanol–water partition coefficient (Wildman–Crippen LogP) is 13.1. The van der Waals surface area contributed by atoms with Gasteiger partial charge < -0.3 is 20.4 Å². The topological polar surface area (TPSA) is 47.6 Å². The SMILES string of the molecule is C=C(CCN1CCN(CCC(=O)NCCCCCCCCCCCCCCCCCC)CC1)NCCCCCCCCCCCCCCCCCC. The summed E-state index contributed by atoms with van der Waals surface area (Å²) in [6, 6.07) is 0. The van der Waals surface area contributed by atoms with E-state index in [1.54, 1.807) is 0 Å². The van der Waals surface area contributed by atoms with Gasteiger partial charge in [0.05, 0.1) is 0 Å². The molecule has 0 bridgehead atoms. The summed E-state index contributed by atoms with van der Waals surface area (Å²) in [7, 11) is 0. The Bertz CT molecular complexity index is 688. The highest BCUT2D eigenvalue weighted by Gasteiger charge is 2.17. The molecule has 0 aromatic carbocycles. The second kappa shape index (κ2) is 39.6. The summed E-state index contributed by atoms with van der Waals surface area (Å²) in [6.07, 6.45) is 46.6. The van der Waals surface area contributed by atoms with Gasteiger partial charge in [-0.1, -0.05) is 213 Å². The zero-order chi connectivity index (χ0) is 37.4. The van der Waals surface area contributed by atoms with Gasteiger partial charge in [0.1, 0.15) is 0 Å². The van der Waals surface area contributed by atoms with Gasteiger partial charge in [-0.15, -0.1) is 0 Å². The number of rotatable bonds is 41. The van der Waals surface area contributed by atoms with Gasteiger partial charge in [0.25, 0.3) is 0 Å². The van der Waals surface area contributed by atoms with Crippen LogP contribution in [0.3, 0.4) is 0 Å². The second-order valence-electron chi connectivity index (χ2n) is 16.7. The summed E-state index contributed by atoms with van der Waals surface area (Å²) in [5.41, 5.74) is 1.20. The summed E-state index contributed by atoms with van der Waals surface area (Å²) in [5.74, 6) is 0.232. The van der Waals surface area contributed by atoms with Crippen LogP contribution in [-0.4, -0.2) is 68.1 Å². The first-order valence-corrected chi connectivity index (χ1v) is 23.8. The number of hydrogen-bond donors (Lipinski definition) is 2. The van der Waals surface area contributed by atoms with E-state index in [0.717, 1.165) is 65.2 Å². The average Bonchev–Trinajstić information content (AvgIpc) is 3.16. The molecule has 1 fully saturated rings. The Hall–Kier alpha value is -1.07. The van der Waals surface area contributed by atoms with Crippen molar-refractivity contribution in [2.75, 3.05) is 52.4 Å². The van der Waals surface area contributed by atoms with E-state index in [4.69, 9.17) is 0 Å². The molecule has 0 radical (unpaired) electrons. The van der Waals surface area contributed by atoms with E-state index in [2.05, 4.69) is 40.9 Å². The lowest BCUT2D eigenvalue weighted by Gasteiger charge is -2.34. The van der Waals surface area contributed by atoms with Gasteiger partial charge in [0.15, 0.2) is 0 Å². The first-order valence-electron chi connectivity index (χ1n) is 23.8. The normalized spacial score (nSPS) is 13.9. The Morgan fingerprint density at radius 2 is 0.673 bits per heavy atom. The molecule has 52 heavy (non-hydrogen) atoms. The molecule has 308 valence electrons. The van der Waals surface area contributed by atoms with E-state index in [1.807, 2.05) is 0 Å². The quantitative estimate of drug-likeness (QED) is 0.0615. The average molecular weight is 731 g/mol. The molecule has 0 spiro atoms. The smallest absolute Gasteiger partial charge is 0.221 e. The Labute approximate surface area is 327 Å². The van der Waals surface area contributed by atoms with Crippen LogP contribution in [0.1, 0.15) is 232 Å². The summed E-state index contributed by atoms with van der Waals surface area (Å²) in [6.45, 7) is 17.2. The highest BCUT2D eigenvalue weighted by atomic mass is 16.1. The van der Waals surface area contributed by atoms with E-state index >= 15 is 0 Å². The Balaban J connectivity index is 1.81. The lowest BCUT2D eigenvalue weighted by atomic mass is 10.0. The Morgan fingerprint density at radius 1 is 0.404 bits per heavy atom. The predicted molar refractivity (Wildman–Crippen MR) is 231 cm³/mol. The third-order valence-corrected chi connectivity index (χ3v) is 11.6. The van der Waals surface area contributed by atoms with Crippen molar-refractivity contribution in [2.24, 2.45) is 0 Å². The molecule has 2 N–H and O–H groups in total. The summed E-state index contributed by atoms with van der Waals surface area (Å²) < 4.78 is 0. The molecule has 0 aliphatic carbocycles. The third-order valence-electron chi connectivity index (χ3n) is 11.6. The van der Waals surface area contributed by atoms with Crippen molar-refractivity contribution in [3.8, 4) is 0 Å². The van der Waals surface area contributed by atoms with E-state index in [-0.39, 0.29) is 5.91 Å². The van der Waals surface area contributed by atoms with Crippen molar-refractivity contribution in [1.82, 2.24) is 20.4 Å². The zero-order valence-electron chi connectivity index (χ0n) is 35.7. The number of amides is 1. The van der Waals surface area contributed by atoms with E-state index in [1.165, 1.54) is 205 Å². The molecular formula is C47H94N4O. The van der Waals surface area contributed by atoms with Gasteiger partial charge in [-0.25, -0.2) is 0 Å². The number of carbonyl (C=O) groups is 1. The van der Waals surface area contributed by atoms with E-state index in [9.17, 15) is 4.79 Å². The van der Waals surface area contributed by atoms with Gasteiger partial charge in [-0.2, -0.15) is 0 Å². The summed E-state index contributed by atoms with van der Waals surface area (Å²) >= 11 is 0. The number of nitrogens with one attached hydrogen (secondary N) is 2. The molecule has 0 aromatic rings. The van der Waals surface area contributed by atoms with E-state index < -0.39 is 0 Å². The van der Waals surface area contributed by atoms with Gasteiger partial charge in [0.2, 0.25) is 5.91 Å². The molecule has 1 aliphatic rings. The molecule has 1 aliphatic heterocycles. The van der Waals surface area contributed by atoms with Crippen molar-refractivity contribution < 1.29 is 4.79 Å². The van der Waals surface area contributed by atoms with Crippen LogP contribution >= 0.6 is 0 Å². The molecular weight excluding hydrogens is 637 g/mol. The van der Waals surface area contributed by atoms with E-state index in [0.29, 0.717) is 6.42 Å². The lowest BCUT2D eigenvalue weighted by Crippen LogP contribution is -2.47. The fraction of sp³-hybridized carbons (Fsp3) is 0.936. The first-order chi connectivity index (χ1) is 25.7. The van der Waals surface area contributed by atoms with Crippen molar-refractivity contribution in [3.63, 3.8) is 0 Å². The minimum atomic E-state index is 0.232. The van der Waals surface area contributed by atoms with Crippen molar-refractivity contribution >= 4 is 5.91 Å². The zero-order valence-corrected chi connectivity index (χ0v) is 35.7. The van der Waals surface area contributed by atoms with Crippen LogP contribution in [0.25, 0.3) is 0 Å². The van der Waals surface area contributed by atoms with Crippen LogP contribution in [0, 0.1) is 0 Å². The van der Waals surface area contributed by atoms with Crippen LogP contribution in [0.5, 0.6) is 0 Å². The molecule has 0 unspecified atom stereocenters. The molecule has 1 amide bonds. The van der Waals surface area contributed by atoms with Gasteiger partial charge in [-0.05, 0) is 19.3 Å². The first kappa shape index (κ1) is 48.9. The molecule has 0 atom stereocenters. The molecule has 1 rings (SSSR count). The number of carbonyl (C=O) groups excluding carboxylic acids is 1. The maximum atomic E-state index is 12.4. The number of piperazine rings is 1. The standard InChI is InChI=1S/C47H94N4O/c1-4-6-8-10-12-14-16-18-20-22-24-26-28-30-32-34-38-48-46(3)36-40-50-42-44-51(45-43-50)41-37-47(52)49-39-35-33-31-29-27-25-23-21-19-17-15-13-11-9-7-5-2/h48H,3-45H2,1-2H3,(H,49,52). The molecule has 1 saturated heterocycles. The largest absolute Gasteiger partial charge is 0.389 e.